The maximum Gasteiger partial charge on any atom is 0.193 e. The summed E-state index contributed by atoms with van der Waals surface area (Å²) in [5, 5.41) is 3.45. The van der Waals surface area contributed by atoms with E-state index in [1.54, 1.807) is 0 Å². The molecule has 2 aliphatic rings. The van der Waals surface area contributed by atoms with E-state index in [1.165, 1.54) is 19.3 Å². The van der Waals surface area contributed by atoms with E-state index < -0.39 is 0 Å². The number of nitrogens with zero attached hydrogens (tertiary/aromatic N) is 2. The summed E-state index contributed by atoms with van der Waals surface area (Å²) in [5.41, 5.74) is 0. The Labute approximate surface area is 139 Å². The van der Waals surface area contributed by atoms with E-state index >= 15 is 0 Å². The molecule has 2 fully saturated rings. The first-order valence-electron chi connectivity index (χ1n) is 9.10. The minimum Gasteiger partial charge on any atom is -0.490 e. The summed E-state index contributed by atoms with van der Waals surface area (Å²) in [6, 6.07) is 10.2. The number of ether oxygens (including phenoxy) is 1. The molecule has 0 aromatic heterocycles. The zero-order chi connectivity index (χ0) is 15.9. The van der Waals surface area contributed by atoms with Crippen molar-refractivity contribution in [2.75, 3.05) is 26.2 Å². The molecule has 0 radical (unpaired) electrons. The van der Waals surface area contributed by atoms with Gasteiger partial charge in [0.1, 0.15) is 11.9 Å². The van der Waals surface area contributed by atoms with Crippen LogP contribution in [0.3, 0.4) is 0 Å². The largest absolute Gasteiger partial charge is 0.490 e. The standard InChI is InChI=1S/C19H29N3O/c1-2-20-19(21-13-10-16-8-9-16)22-14-11-18(12-15-22)23-17-6-4-3-5-7-17/h3-7,16,18H,2,8-15H2,1H3,(H,20,21). The van der Waals surface area contributed by atoms with Gasteiger partial charge in [-0.2, -0.15) is 0 Å². The maximum absolute atomic E-state index is 6.08. The van der Waals surface area contributed by atoms with Gasteiger partial charge in [-0.1, -0.05) is 31.0 Å². The lowest BCUT2D eigenvalue weighted by Crippen LogP contribution is -2.47. The highest BCUT2D eigenvalue weighted by Gasteiger charge is 2.23. The molecule has 1 aromatic rings. The molecule has 4 heteroatoms. The van der Waals surface area contributed by atoms with Crippen molar-refractivity contribution in [2.45, 2.75) is 45.1 Å². The highest BCUT2D eigenvalue weighted by molar-refractivity contribution is 5.80. The second-order valence-corrected chi connectivity index (χ2v) is 6.59. The van der Waals surface area contributed by atoms with Gasteiger partial charge in [-0.05, 0) is 31.4 Å². The number of hydrogen-bond donors (Lipinski definition) is 1. The van der Waals surface area contributed by atoms with E-state index in [0.717, 1.165) is 56.6 Å². The molecule has 4 nitrogen and oxygen atoms in total. The third-order valence-electron chi connectivity index (χ3n) is 4.62. The smallest absolute Gasteiger partial charge is 0.193 e. The van der Waals surface area contributed by atoms with Gasteiger partial charge in [0.2, 0.25) is 0 Å². The van der Waals surface area contributed by atoms with Crippen molar-refractivity contribution in [2.24, 2.45) is 10.9 Å². The minimum atomic E-state index is 0.322. The van der Waals surface area contributed by atoms with E-state index in [-0.39, 0.29) is 0 Å². The fourth-order valence-corrected chi connectivity index (χ4v) is 3.06. The summed E-state index contributed by atoms with van der Waals surface area (Å²) in [6.45, 7) is 6.08. The van der Waals surface area contributed by atoms with Gasteiger partial charge in [0.15, 0.2) is 5.96 Å². The van der Waals surface area contributed by atoms with E-state index in [9.17, 15) is 0 Å². The van der Waals surface area contributed by atoms with Crippen LogP contribution >= 0.6 is 0 Å². The predicted molar refractivity (Wildman–Crippen MR) is 95.0 cm³/mol. The molecule has 126 valence electrons. The van der Waals surface area contributed by atoms with E-state index in [4.69, 9.17) is 9.73 Å². The van der Waals surface area contributed by atoms with Crippen molar-refractivity contribution in [3.05, 3.63) is 30.3 Å². The van der Waals surface area contributed by atoms with E-state index in [1.807, 2.05) is 30.3 Å². The first-order chi connectivity index (χ1) is 11.3. The minimum absolute atomic E-state index is 0.322. The van der Waals surface area contributed by atoms with Crippen LogP contribution in [0, 0.1) is 5.92 Å². The van der Waals surface area contributed by atoms with Crippen LogP contribution in [0.1, 0.15) is 39.0 Å². The first-order valence-corrected chi connectivity index (χ1v) is 9.10. The molecule has 0 atom stereocenters. The van der Waals surface area contributed by atoms with Gasteiger partial charge in [-0.25, -0.2) is 0 Å². The molecule has 1 N–H and O–H groups in total. The zero-order valence-corrected chi connectivity index (χ0v) is 14.2. The molecule has 1 aliphatic carbocycles. The number of rotatable bonds is 6. The highest BCUT2D eigenvalue weighted by Crippen LogP contribution is 2.32. The number of likely N-dealkylation sites (tertiary alicyclic amines) is 1. The lowest BCUT2D eigenvalue weighted by atomic mass is 10.1. The van der Waals surface area contributed by atoms with Crippen LogP contribution in [-0.4, -0.2) is 43.1 Å². The molecule has 1 aromatic carbocycles. The van der Waals surface area contributed by atoms with Crippen LogP contribution in [0.25, 0.3) is 0 Å². The van der Waals surface area contributed by atoms with E-state index in [0.29, 0.717) is 6.10 Å². The summed E-state index contributed by atoms with van der Waals surface area (Å²) in [5.74, 6) is 3.02. The second kappa shape index (κ2) is 8.23. The molecular formula is C19H29N3O. The molecule has 0 unspecified atom stereocenters. The summed E-state index contributed by atoms with van der Waals surface area (Å²) < 4.78 is 6.08. The summed E-state index contributed by atoms with van der Waals surface area (Å²) in [7, 11) is 0. The van der Waals surface area contributed by atoms with Gasteiger partial charge in [0.25, 0.3) is 0 Å². The number of aliphatic imine (C=N–C) groups is 1. The van der Waals surface area contributed by atoms with Crippen LogP contribution in [0.15, 0.2) is 35.3 Å². The normalized spacial score (nSPS) is 19.7. The molecule has 0 spiro atoms. The van der Waals surface area contributed by atoms with Gasteiger partial charge in [0.05, 0.1) is 0 Å². The Hall–Kier alpha value is -1.71. The average Bonchev–Trinajstić information content (AvgIpc) is 3.40. The zero-order valence-electron chi connectivity index (χ0n) is 14.2. The van der Waals surface area contributed by atoms with Crippen LogP contribution < -0.4 is 10.1 Å². The van der Waals surface area contributed by atoms with Gasteiger partial charge >= 0.3 is 0 Å². The third kappa shape index (κ3) is 5.15. The Balaban J connectivity index is 1.47. The van der Waals surface area contributed by atoms with Crippen LogP contribution in [0.5, 0.6) is 5.75 Å². The topological polar surface area (TPSA) is 36.9 Å². The van der Waals surface area contributed by atoms with Gasteiger partial charge in [-0.3, -0.25) is 4.99 Å². The van der Waals surface area contributed by atoms with Crippen LogP contribution in [0.4, 0.5) is 0 Å². The van der Waals surface area contributed by atoms with Crippen LogP contribution in [0.2, 0.25) is 0 Å². The number of guanidine groups is 1. The molecule has 0 amide bonds. The van der Waals surface area contributed by atoms with Gasteiger partial charge < -0.3 is 15.0 Å². The number of nitrogens with one attached hydrogen (secondary N) is 1. The maximum atomic E-state index is 6.08. The van der Waals surface area contributed by atoms with Crippen molar-refractivity contribution < 1.29 is 4.74 Å². The Kier molecular flexibility index (Phi) is 5.78. The number of para-hydroxylation sites is 1. The molecule has 23 heavy (non-hydrogen) atoms. The Morgan fingerprint density at radius 2 is 1.91 bits per heavy atom. The van der Waals surface area contributed by atoms with E-state index in [2.05, 4.69) is 17.1 Å². The molecule has 1 saturated heterocycles. The number of hydrogen-bond acceptors (Lipinski definition) is 2. The number of benzene rings is 1. The van der Waals surface area contributed by atoms with Gasteiger partial charge in [0, 0.05) is 39.0 Å². The third-order valence-corrected chi connectivity index (χ3v) is 4.62. The summed E-state index contributed by atoms with van der Waals surface area (Å²) >= 11 is 0. The number of piperidine rings is 1. The molecule has 3 rings (SSSR count). The first kappa shape index (κ1) is 16.2. The Morgan fingerprint density at radius 1 is 1.17 bits per heavy atom. The molecule has 1 saturated carbocycles. The molecule has 1 heterocycles. The van der Waals surface area contributed by atoms with Crippen molar-refractivity contribution in [1.82, 2.24) is 10.2 Å². The monoisotopic (exact) mass is 315 g/mol. The fourth-order valence-electron chi connectivity index (χ4n) is 3.06. The van der Waals surface area contributed by atoms with Crippen molar-refractivity contribution in [1.29, 1.82) is 0 Å². The Bertz CT molecular complexity index is 491. The molecule has 0 bridgehead atoms. The SMILES string of the molecule is CCNC(=NCCC1CC1)N1CCC(Oc2ccccc2)CC1. The fraction of sp³-hybridized carbons (Fsp3) is 0.632. The predicted octanol–water partition coefficient (Wildman–Crippen LogP) is 3.30. The molecular weight excluding hydrogens is 286 g/mol. The lowest BCUT2D eigenvalue weighted by Gasteiger charge is -2.34. The van der Waals surface area contributed by atoms with Gasteiger partial charge in [-0.15, -0.1) is 0 Å². The second-order valence-electron chi connectivity index (χ2n) is 6.59. The van der Waals surface area contributed by atoms with Crippen LogP contribution in [-0.2, 0) is 0 Å². The van der Waals surface area contributed by atoms with Crippen molar-refractivity contribution >= 4 is 5.96 Å². The quantitative estimate of drug-likeness (QED) is 0.646. The highest BCUT2D eigenvalue weighted by atomic mass is 16.5. The van der Waals surface area contributed by atoms with Crippen molar-refractivity contribution in [3.63, 3.8) is 0 Å². The summed E-state index contributed by atoms with van der Waals surface area (Å²) in [6.07, 6.45) is 6.51. The molecule has 1 aliphatic heterocycles. The summed E-state index contributed by atoms with van der Waals surface area (Å²) in [4.78, 5) is 7.21. The lowest BCUT2D eigenvalue weighted by molar-refractivity contribution is 0.129. The average molecular weight is 315 g/mol. The van der Waals surface area contributed by atoms with Crippen molar-refractivity contribution in [3.8, 4) is 5.75 Å². The Morgan fingerprint density at radius 3 is 2.57 bits per heavy atom.